The van der Waals surface area contributed by atoms with Crippen LogP contribution in [0.2, 0.25) is 0 Å². The molecule has 4 rings (SSSR count). The number of amides is 1. The van der Waals surface area contributed by atoms with Crippen LogP contribution in [0.4, 0.5) is 10.1 Å². The first kappa shape index (κ1) is 24.1. The lowest BCUT2D eigenvalue weighted by molar-refractivity contribution is 0.102. The van der Waals surface area contributed by atoms with Crippen molar-refractivity contribution in [1.82, 2.24) is 19.0 Å². The van der Waals surface area contributed by atoms with E-state index in [0.29, 0.717) is 55.2 Å². The summed E-state index contributed by atoms with van der Waals surface area (Å²) < 4.78 is 42.6. The lowest BCUT2D eigenvalue weighted by Crippen LogP contribution is -2.48. The number of nitrogens with zero attached hydrogens (tertiary/aromatic N) is 4. The second-order valence-electron chi connectivity index (χ2n) is 8.07. The molecule has 1 fully saturated rings. The van der Waals surface area contributed by atoms with Crippen LogP contribution in [0.1, 0.15) is 29.9 Å². The SMILES string of the molecule is CCc1c(C(=O)Nc2cccc(S(=O)(=O)N3CCN(CC)CC3)c2)cnn1-c1ccc(F)cc1. The zero-order valence-electron chi connectivity index (χ0n) is 19.2. The zero-order chi connectivity index (χ0) is 24.3. The monoisotopic (exact) mass is 485 g/mol. The van der Waals surface area contributed by atoms with Crippen molar-refractivity contribution in [3.8, 4) is 5.69 Å². The lowest BCUT2D eigenvalue weighted by atomic mass is 10.2. The van der Waals surface area contributed by atoms with E-state index in [1.807, 2.05) is 6.92 Å². The maximum atomic E-state index is 13.3. The quantitative estimate of drug-likeness (QED) is 0.556. The Labute approximate surface area is 199 Å². The number of hydrogen-bond acceptors (Lipinski definition) is 5. The van der Waals surface area contributed by atoms with Crippen molar-refractivity contribution in [3.63, 3.8) is 0 Å². The van der Waals surface area contributed by atoms with Crippen molar-refractivity contribution in [3.05, 3.63) is 71.8 Å². The molecule has 34 heavy (non-hydrogen) atoms. The number of halogens is 1. The Bertz CT molecular complexity index is 1270. The van der Waals surface area contributed by atoms with Crippen molar-refractivity contribution >= 4 is 21.6 Å². The minimum absolute atomic E-state index is 0.146. The van der Waals surface area contributed by atoms with E-state index in [1.165, 1.54) is 28.7 Å². The molecule has 2 aromatic carbocycles. The highest BCUT2D eigenvalue weighted by atomic mass is 32.2. The first-order chi connectivity index (χ1) is 16.3. The predicted octanol–water partition coefficient (Wildman–Crippen LogP) is 3.15. The van der Waals surface area contributed by atoms with Gasteiger partial charge in [0, 0.05) is 31.9 Å². The molecule has 1 saturated heterocycles. The Balaban J connectivity index is 1.53. The maximum absolute atomic E-state index is 13.3. The number of nitrogens with one attached hydrogen (secondary N) is 1. The van der Waals surface area contributed by atoms with Gasteiger partial charge in [-0.05, 0) is 55.4 Å². The van der Waals surface area contributed by atoms with E-state index in [4.69, 9.17) is 0 Å². The van der Waals surface area contributed by atoms with E-state index in [1.54, 1.807) is 35.0 Å². The molecular formula is C24H28FN5O3S. The number of likely N-dealkylation sites (N-methyl/N-ethyl adjacent to an activating group) is 1. The van der Waals surface area contributed by atoms with Gasteiger partial charge in [0.15, 0.2) is 0 Å². The zero-order valence-corrected chi connectivity index (χ0v) is 20.1. The van der Waals surface area contributed by atoms with Gasteiger partial charge in [0.25, 0.3) is 5.91 Å². The average Bonchev–Trinajstić information content (AvgIpc) is 3.29. The Kier molecular flexibility index (Phi) is 7.11. The highest BCUT2D eigenvalue weighted by Gasteiger charge is 2.28. The summed E-state index contributed by atoms with van der Waals surface area (Å²) in [5, 5.41) is 7.10. The molecule has 8 nitrogen and oxygen atoms in total. The third-order valence-electron chi connectivity index (χ3n) is 6.03. The summed E-state index contributed by atoms with van der Waals surface area (Å²) in [5.74, 6) is -0.745. The number of carbonyl (C=O) groups is 1. The van der Waals surface area contributed by atoms with Crippen molar-refractivity contribution in [2.24, 2.45) is 0 Å². The fourth-order valence-electron chi connectivity index (χ4n) is 4.08. The van der Waals surface area contributed by atoms with Crippen LogP contribution in [0.5, 0.6) is 0 Å². The summed E-state index contributed by atoms with van der Waals surface area (Å²) in [6, 6.07) is 12.2. The molecule has 0 atom stereocenters. The van der Waals surface area contributed by atoms with Gasteiger partial charge in [0.05, 0.1) is 28.0 Å². The first-order valence-electron chi connectivity index (χ1n) is 11.3. The van der Waals surface area contributed by atoms with Crippen molar-refractivity contribution < 1.29 is 17.6 Å². The largest absolute Gasteiger partial charge is 0.322 e. The fraction of sp³-hybridized carbons (Fsp3) is 0.333. The first-order valence-corrected chi connectivity index (χ1v) is 12.7. The molecule has 0 bridgehead atoms. The maximum Gasteiger partial charge on any atom is 0.259 e. The van der Waals surface area contributed by atoms with Gasteiger partial charge in [-0.1, -0.05) is 19.9 Å². The Morgan fingerprint density at radius 2 is 1.76 bits per heavy atom. The van der Waals surface area contributed by atoms with E-state index < -0.39 is 15.9 Å². The summed E-state index contributed by atoms with van der Waals surface area (Å²) in [4.78, 5) is 15.4. The van der Waals surface area contributed by atoms with Gasteiger partial charge in [-0.25, -0.2) is 17.5 Å². The van der Waals surface area contributed by atoms with Crippen LogP contribution in [0.15, 0.2) is 59.6 Å². The number of rotatable bonds is 7. The smallest absolute Gasteiger partial charge is 0.259 e. The highest BCUT2D eigenvalue weighted by Crippen LogP contribution is 2.23. The third-order valence-corrected chi connectivity index (χ3v) is 7.92. The number of benzene rings is 2. The molecule has 10 heteroatoms. The van der Waals surface area contributed by atoms with Crippen molar-refractivity contribution in [2.75, 3.05) is 38.0 Å². The molecule has 180 valence electrons. The summed E-state index contributed by atoms with van der Waals surface area (Å²) in [6.45, 7) is 7.13. The van der Waals surface area contributed by atoms with Crippen LogP contribution in [-0.2, 0) is 16.4 Å². The van der Waals surface area contributed by atoms with Crippen LogP contribution < -0.4 is 5.32 Å². The topological polar surface area (TPSA) is 87.5 Å². The van der Waals surface area contributed by atoms with Gasteiger partial charge in [0.1, 0.15) is 5.82 Å². The van der Waals surface area contributed by atoms with Gasteiger partial charge in [-0.2, -0.15) is 9.40 Å². The van der Waals surface area contributed by atoms with Gasteiger partial charge in [-0.3, -0.25) is 4.79 Å². The fourth-order valence-corrected chi connectivity index (χ4v) is 5.54. The molecule has 2 heterocycles. The number of hydrogen-bond donors (Lipinski definition) is 1. The molecule has 0 aliphatic carbocycles. The van der Waals surface area contributed by atoms with Gasteiger partial charge in [0.2, 0.25) is 10.0 Å². The molecule has 0 unspecified atom stereocenters. The second-order valence-corrected chi connectivity index (χ2v) is 10.0. The van der Waals surface area contributed by atoms with E-state index in [9.17, 15) is 17.6 Å². The molecule has 1 amide bonds. The average molecular weight is 486 g/mol. The molecule has 1 aromatic heterocycles. The summed E-state index contributed by atoms with van der Waals surface area (Å²) in [6.07, 6.45) is 1.99. The predicted molar refractivity (Wildman–Crippen MR) is 128 cm³/mol. The van der Waals surface area contributed by atoms with Gasteiger partial charge >= 0.3 is 0 Å². The Hall–Kier alpha value is -3.08. The molecule has 0 radical (unpaired) electrons. The minimum Gasteiger partial charge on any atom is -0.322 e. The molecule has 1 N–H and O–H groups in total. The van der Waals surface area contributed by atoms with Crippen LogP contribution >= 0.6 is 0 Å². The Morgan fingerprint density at radius 1 is 1.06 bits per heavy atom. The second kappa shape index (κ2) is 10.0. The van der Waals surface area contributed by atoms with Crippen LogP contribution in [-0.4, -0.2) is 66.0 Å². The number of aromatic nitrogens is 2. The van der Waals surface area contributed by atoms with E-state index in [0.717, 1.165) is 6.54 Å². The normalized spacial score (nSPS) is 15.4. The van der Waals surface area contributed by atoms with Gasteiger partial charge in [-0.15, -0.1) is 0 Å². The third kappa shape index (κ3) is 4.89. The molecule has 0 spiro atoms. The van der Waals surface area contributed by atoms with Gasteiger partial charge < -0.3 is 10.2 Å². The molecule has 3 aromatic rings. The van der Waals surface area contributed by atoms with Crippen molar-refractivity contribution in [1.29, 1.82) is 0 Å². The summed E-state index contributed by atoms with van der Waals surface area (Å²) in [7, 11) is -3.66. The Morgan fingerprint density at radius 3 is 2.41 bits per heavy atom. The van der Waals surface area contributed by atoms with Crippen molar-refractivity contribution in [2.45, 2.75) is 25.2 Å². The highest BCUT2D eigenvalue weighted by molar-refractivity contribution is 7.89. The molecule has 1 aliphatic rings. The van der Waals surface area contributed by atoms with E-state index in [2.05, 4.69) is 22.2 Å². The van der Waals surface area contributed by atoms with Crippen LogP contribution in [0.3, 0.4) is 0 Å². The minimum atomic E-state index is -3.66. The summed E-state index contributed by atoms with van der Waals surface area (Å²) >= 11 is 0. The number of sulfonamides is 1. The number of anilines is 1. The van der Waals surface area contributed by atoms with Crippen LogP contribution in [0, 0.1) is 5.82 Å². The molecule has 0 saturated carbocycles. The summed E-state index contributed by atoms with van der Waals surface area (Å²) in [5.41, 5.74) is 2.07. The lowest BCUT2D eigenvalue weighted by Gasteiger charge is -2.33. The standard InChI is InChI=1S/C24H28FN5O3S/c1-3-23-22(17-26-30(23)20-10-8-18(25)9-11-20)24(31)27-19-6-5-7-21(16-19)34(32,33)29-14-12-28(4-2)13-15-29/h5-11,16-17H,3-4,12-15H2,1-2H3,(H,27,31). The van der Waals surface area contributed by atoms with E-state index >= 15 is 0 Å². The molecular weight excluding hydrogens is 457 g/mol. The van der Waals surface area contributed by atoms with E-state index in [-0.39, 0.29) is 10.7 Å². The van der Waals surface area contributed by atoms with Crippen LogP contribution in [0.25, 0.3) is 5.69 Å². The number of carbonyl (C=O) groups excluding carboxylic acids is 1. The molecule has 1 aliphatic heterocycles. The number of piperazine rings is 1.